The Bertz CT molecular complexity index is 1260. The molecule has 172 valence electrons. The van der Waals surface area contributed by atoms with E-state index in [1.54, 1.807) is 18.2 Å². The molecule has 1 aliphatic heterocycles. The normalized spacial score (nSPS) is 16.1. The fourth-order valence-electron chi connectivity index (χ4n) is 3.28. The summed E-state index contributed by atoms with van der Waals surface area (Å²) >= 11 is 0. The highest BCUT2D eigenvalue weighted by Gasteiger charge is 2.38. The molecular formula is C19H20F3N5O4S. The first kappa shape index (κ1) is 23.4. The minimum Gasteiger partial charge on any atom is -0.475 e. The molecule has 1 aromatic carbocycles. The second-order valence-electron chi connectivity index (χ2n) is 7.31. The molecule has 2 aromatic heterocycles. The quantitative estimate of drug-likeness (QED) is 0.597. The van der Waals surface area contributed by atoms with E-state index < -0.39 is 22.0 Å². The number of aliphatic carboxylic acids is 1. The summed E-state index contributed by atoms with van der Waals surface area (Å²) in [6.45, 7) is 2.81. The number of carboxylic acid groups (broad SMARTS) is 1. The average Bonchev–Trinajstić information content (AvgIpc) is 3.06. The number of carbonyl (C=O) groups is 1. The predicted octanol–water partition coefficient (Wildman–Crippen LogP) is 2.60. The number of halogens is 3. The summed E-state index contributed by atoms with van der Waals surface area (Å²) in [5.74, 6) is -0.976. The SMILES string of the molecule is Cc1cn2c(n1)CCC(Nc1ncnc3ccc(S(C)(=O)=O)cc13)C2.O=C(O)C(F)(F)F. The van der Waals surface area contributed by atoms with Crippen molar-refractivity contribution in [1.29, 1.82) is 0 Å². The Balaban J connectivity index is 0.000000360. The fourth-order valence-corrected chi connectivity index (χ4v) is 3.93. The fraction of sp³-hybridized carbons (Fsp3) is 0.368. The van der Waals surface area contributed by atoms with Crippen LogP contribution in [0.15, 0.2) is 35.6 Å². The maximum atomic E-state index is 11.8. The third-order valence-electron chi connectivity index (χ3n) is 4.73. The third kappa shape index (κ3) is 5.52. The Morgan fingerprint density at radius 1 is 1.28 bits per heavy atom. The molecule has 1 aliphatic rings. The Labute approximate surface area is 181 Å². The van der Waals surface area contributed by atoms with Crippen LogP contribution in [0.4, 0.5) is 19.0 Å². The summed E-state index contributed by atoms with van der Waals surface area (Å²) in [7, 11) is -3.28. The molecule has 0 amide bonds. The number of aromatic nitrogens is 4. The van der Waals surface area contributed by atoms with Crippen molar-refractivity contribution in [1.82, 2.24) is 19.5 Å². The Hall–Kier alpha value is -3.22. The number of sulfone groups is 1. The molecule has 0 saturated carbocycles. The zero-order chi connectivity index (χ0) is 23.7. The van der Waals surface area contributed by atoms with E-state index in [0.717, 1.165) is 41.8 Å². The van der Waals surface area contributed by atoms with Gasteiger partial charge in [0.25, 0.3) is 0 Å². The molecule has 0 radical (unpaired) electrons. The standard InChI is InChI=1S/C17H19N5O2S.C2HF3O2/c1-11-8-22-9-12(3-6-16(22)20-11)21-17-14-7-13(25(2,23)24)4-5-15(14)18-10-19-17;3-2(4,5)1(6)7/h4-5,7-8,10,12H,3,6,9H2,1-2H3,(H,18,19,21);(H,6,7). The zero-order valence-electron chi connectivity index (χ0n) is 17.1. The van der Waals surface area contributed by atoms with Gasteiger partial charge in [-0.1, -0.05) is 0 Å². The summed E-state index contributed by atoms with van der Waals surface area (Å²) in [5.41, 5.74) is 1.75. The highest BCUT2D eigenvalue weighted by Crippen LogP contribution is 2.25. The first-order valence-corrected chi connectivity index (χ1v) is 11.3. The number of nitrogens with one attached hydrogen (secondary N) is 1. The van der Waals surface area contributed by atoms with Crippen LogP contribution in [-0.4, -0.2) is 57.5 Å². The van der Waals surface area contributed by atoms with E-state index in [0.29, 0.717) is 5.82 Å². The Morgan fingerprint density at radius 3 is 2.59 bits per heavy atom. The molecular weight excluding hydrogens is 451 g/mol. The molecule has 0 saturated heterocycles. The molecule has 4 rings (SSSR count). The van der Waals surface area contributed by atoms with Crippen LogP contribution in [0.5, 0.6) is 0 Å². The van der Waals surface area contributed by atoms with Gasteiger partial charge < -0.3 is 15.0 Å². The van der Waals surface area contributed by atoms with E-state index in [1.165, 1.54) is 12.6 Å². The highest BCUT2D eigenvalue weighted by molar-refractivity contribution is 7.90. The zero-order valence-corrected chi connectivity index (χ0v) is 17.9. The number of carboxylic acids is 1. The molecule has 32 heavy (non-hydrogen) atoms. The maximum absolute atomic E-state index is 11.8. The van der Waals surface area contributed by atoms with Gasteiger partial charge in [-0.3, -0.25) is 0 Å². The highest BCUT2D eigenvalue weighted by atomic mass is 32.2. The molecule has 3 heterocycles. The first-order valence-electron chi connectivity index (χ1n) is 9.38. The van der Waals surface area contributed by atoms with Gasteiger partial charge in [-0.05, 0) is 31.5 Å². The van der Waals surface area contributed by atoms with Crippen molar-refractivity contribution in [3.8, 4) is 0 Å². The lowest BCUT2D eigenvalue weighted by atomic mass is 10.1. The van der Waals surface area contributed by atoms with Crippen LogP contribution in [0.25, 0.3) is 10.9 Å². The number of nitrogens with zero attached hydrogens (tertiary/aromatic N) is 4. The lowest BCUT2D eigenvalue weighted by Crippen LogP contribution is -2.31. The number of anilines is 1. The largest absolute Gasteiger partial charge is 0.490 e. The second-order valence-corrected chi connectivity index (χ2v) is 9.32. The van der Waals surface area contributed by atoms with Crippen LogP contribution in [0.2, 0.25) is 0 Å². The molecule has 13 heteroatoms. The van der Waals surface area contributed by atoms with Gasteiger partial charge in [0.15, 0.2) is 9.84 Å². The van der Waals surface area contributed by atoms with Gasteiger partial charge in [0, 0.05) is 36.8 Å². The van der Waals surface area contributed by atoms with Gasteiger partial charge in [0.05, 0.1) is 16.1 Å². The first-order chi connectivity index (χ1) is 14.8. The number of hydrogen-bond donors (Lipinski definition) is 2. The number of imidazole rings is 1. The van der Waals surface area contributed by atoms with Gasteiger partial charge in [-0.25, -0.2) is 28.2 Å². The monoisotopic (exact) mass is 471 g/mol. The number of hydrogen-bond acceptors (Lipinski definition) is 7. The Morgan fingerprint density at radius 2 is 1.97 bits per heavy atom. The number of aryl methyl sites for hydroxylation is 2. The Kier molecular flexibility index (Phi) is 6.39. The smallest absolute Gasteiger partial charge is 0.475 e. The number of alkyl halides is 3. The molecule has 1 atom stereocenters. The van der Waals surface area contributed by atoms with Crippen LogP contribution in [0.1, 0.15) is 17.9 Å². The molecule has 0 aliphatic carbocycles. The van der Waals surface area contributed by atoms with Gasteiger partial charge in [0.2, 0.25) is 0 Å². The van der Waals surface area contributed by atoms with Gasteiger partial charge in [-0.2, -0.15) is 13.2 Å². The second kappa shape index (κ2) is 8.73. The lowest BCUT2D eigenvalue weighted by Gasteiger charge is -2.25. The van der Waals surface area contributed by atoms with Crippen molar-refractivity contribution >= 4 is 32.5 Å². The van der Waals surface area contributed by atoms with Crippen molar-refractivity contribution in [2.24, 2.45) is 0 Å². The summed E-state index contributed by atoms with van der Waals surface area (Å²) in [5, 5.41) is 11.3. The topological polar surface area (TPSA) is 127 Å². The lowest BCUT2D eigenvalue weighted by molar-refractivity contribution is -0.192. The van der Waals surface area contributed by atoms with Crippen molar-refractivity contribution in [3.63, 3.8) is 0 Å². The van der Waals surface area contributed by atoms with Crippen molar-refractivity contribution < 1.29 is 31.5 Å². The summed E-state index contributed by atoms with van der Waals surface area (Å²) < 4.78 is 57.6. The van der Waals surface area contributed by atoms with Crippen LogP contribution in [0, 0.1) is 6.92 Å². The molecule has 0 spiro atoms. The van der Waals surface area contributed by atoms with Crippen LogP contribution >= 0.6 is 0 Å². The van der Waals surface area contributed by atoms with E-state index in [9.17, 15) is 21.6 Å². The minimum absolute atomic E-state index is 0.209. The van der Waals surface area contributed by atoms with E-state index >= 15 is 0 Å². The third-order valence-corrected chi connectivity index (χ3v) is 5.84. The van der Waals surface area contributed by atoms with E-state index in [1.807, 2.05) is 6.92 Å². The van der Waals surface area contributed by atoms with Gasteiger partial charge >= 0.3 is 12.1 Å². The van der Waals surface area contributed by atoms with Crippen molar-refractivity contribution in [3.05, 3.63) is 42.2 Å². The molecule has 0 fully saturated rings. The van der Waals surface area contributed by atoms with Gasteiger partial charge in [-0.15, -0.1) is 0 Å². The molecule has 3 aromatic rings. The van der Waals surface area contributed by atoms with E-state index in [4.69, 9.17) is 9.90 Å². The molecule has 1 unspecified atom stereocenters. The number of benzene rings is 1. The number of fused-ring (bicyclic) bond motifs is 2. The van der Waals surface area contributed by atoms with Crippen molar-refractivity contribution in [2.75, 3.05) is 11.6 Å². The van der Waals surface area contributed by atoms with E-state index in [-0.39, 0.29) is 10.9 Å². The molecule has 2 N–H and O–H groups in total. The minimum atomic E-state index is -5.08. The van der Waals surface area contributed by atoms with Crippen LogP contribution in [-0.2, 0) is 27.6 Å². The molecule has 9 nitrogen and oxygen atoms in total. The summed E-state index contributed by atoms with van der Waals surface area (Å²) in [4.78, 5) is 22.3. The number of rotatable bonds is 3. The summed E-state index contributed by atoms with van der Waals surface area (Å²) in [6.07, 6.45) is 1.54. The molecule has 0 bridgehead atoms. The van der Waals surface area contributed by atoms with Crippen LogP contribution in [0.3, 0.4) is 0 Å². The average molecular weight is 471 g/mol. The van der Waals surface area contributed by atoms with Gasteiger partial charge in [0.1, 0.15) is 18.0 Å². The predicted molar refractivity (Wildman–Crippen MR) is 109 cm³/mol. The summed E-state index contributed by atoms with van der Waals surface area (Å²) in [6, 6.07) is 5.15. The van der Waals surface area contributed by atoms with Crippen molar-refractivity contribution in [2.45, 2.75) is 43.4 Å². The van der Waals surface area contributed by atoms with E-state index in [2.05, 4.69) is 31.0 Å². The maximum Gasteiger partial charge on any atom is 0.490 e. The van der Waals surface area contributed by atoms with Crippen LogP contribution < -0.4 is 5.32 Å².